The molecule has 2 rings (SSSR count). The maximum absolute atomic E-state index is 12.3. The van der Waals surface area contributed by atoms with Gasteiger partial charge in [0.1, 0.15) is 12.2 Å². The third kappa shape index (κ3) is 2.72. The fourth-order valence-electron chi connectivity index (χ4n) is 2.53. The second kappa shape index (κ2) is 6.13. The molecule has 7 heteroatoms. The summed E-state index contributed by atoms with van der Waals surface area (Å²) in [5.41, 5.74) is 0. The average Bonchev–Trinajstić information content (AvgIpc) is 2.95. The zero-order valence-corrected chi connectivity index (χ0v) is 12.2. The van der Waals surface area contributed by atoms with Crippen LogP contribution in [-0.4, -0.2) is 43.6 Å². The Labute approximate surface area is 118 Å². The maximum Gasteiger partial charge on any atom is 0.247 e. The third-order valence-corrected chi connectivity index (χ3v) is 3.80. The molecule has 1 aromatic rings. The molecule has 0 saturated carbocycles. The maximum atomic E-state index is 12.3. The lowest BCUT2D eigenvalue weighted by Gasteiger charge is -2.24. The first-order valence-corrected chi connectivity index (χ1v) is 7.00. The average molecular weight is 279 g/mol. The predicted molar refractivity (Wildman–Crippen MR) is 72.5 cm³/mol. The Morgan fingerprint density at radius 3 is 2.65 bits per heavy atom. The number of hydrogen-bond acceptors (Lipinski definition) is 5. The molecule has 110 valence electrons. The Balaban J connectivity index is 1.99. The molecule has 1 aliphatic heterocycles. The van der Waals surface area contributed by atoms with Crippen LogP contribution in [0.5, 0.6) is 0 Å². The molecular formula is C13H21N5O2. The first kappa shape index (κ1) is 14.6. The van der Waals surface area contributed by atoms with Crippen LogP contribution in [0.4, 0.5) is 0 Å². The van der Waals surface area contributed by atoms with Crippen molar-refractivity contribution in [3.05, 3.63) is 12.2 Å². The SMILES string of the molecule is CCC(CC)N1C(=O)CC(NCc2nncn2C)C1=O. The summed E-state index contributed by atoms with van der Waals surface area (Å²) in [6, 6.07) is -0.434. The molecule has 2 amide bonds. The second-order valence-corrected chi connectivity index (χ2v) is 5.07. The van der Waals surface area contributed by atoms with Crippen molar-refractivity contribution < 1.29 is 9.59 Å². The monoisotopic (exact) mass is 279 g/mol. The molecule has 1 N–H and O–H groups in total. The Morgan fingerprint density at radius 2 is 2.10 bits per heavy atom. The summed E-state index contributed by atoms with van der Waals surface area (Å²) in [5.74, 6) is 0.538. The van der Waals surface area contributed by atoms with Gasteiger partial charge in [0.25, 0.3) is 0 Å². The first-order valence-electron chi connectivity index (χ1n) is 7.00. The van der Waals surface area contributed by atoms with Crippen LogP contribution in [0.15, 0.2) is 6.33 Å². The number of likely N-dealkylation sites (tertiary alicyclic amines) is 1. The predicted octanol–water partition coefficient (Wildman–Crippen LogP) is 0.221. The van der Waals surface area contributed by atoms with Crippen molar-refractivity contribution in [1.82, 2.24) is 25.0 Å². The minimum Gasteiger partial charge on any atom is -0.320 e. The van der Waals surface area contributed by atoms with Gasteiger partial charge >= 0.3 is 0 Å². The minimum absolute atomic E-state index is 0.0108. The lowest BCUT2D eigenvalue weighted by molar-refractivity contribution is -0.141. The number of aryl methyl sites for hydroxylation is 1. The van der Waals surface area contributed by atoms with Gasteiger partial charge in [-0.2, -0.15) is 0 Å². The quantitative estimate of drug-likeness (QED) is 0.754. The molecule has 1 aliphatic rings. The molecule has 0 aromatic carbocycles. The highest BCUT2D eigenvalue weighted by Gasteiger charge is 2.41. The summed E-state index contributed by atoms with van der Waals surface area (Å²) in [5, 5.41) is 10.8. The van der Waals surface area contributed by atoms with E-state index < -0.39 is 6.04 Å². The molecule has 20 heavy (non-hydrogen) atoms. The second-order valence-electron chi connectivity index (χ2n) is 5.07. The van der Waals surface area contributed by atoms with Gasteiger partial charge in [-0.15, -0.1) is 10.2 Å². The molecular weight excluding hydrogens is 258 g/mol. The van der Waals surface area contributed by atoms with E-state index in [2.05, 4.69) is 15.5 Å². The van der Waals surface area contributed by atoms with E-state index in [1.807, 2.05) is 20.9 Å². The van der Waals surface area contributed by atoms with Crippen molar-refractivity contribution in [3.8, 4) is 0 Å². The van der Waals surface area contributed by atoms with E-state index in [0.29, 0.717) is 6.54 Å². The van der Waals surface area contributed by atoms with Gasteiger partial charge in [-0.25, -0.2) is 0 Å². The summed E-state index contributed by atoms with van der Waals surface area (Å²) >= 11 is 0. The third-order valence-electron chi connectivity index (χ3n) is 3.80. The Kier molecular flexibility index (Phi) is 4.49. The van der Waals surface area contributed by atoms with Crippen LogP contribution in [0.2, 0.25) is 0 Å². The summed E-state index contributed by atoms with van der Waals surface area (Å²) in [6.07, 6.45) is 3.43. The van der Waals surface area contributed by atoms with Crippen molar-refractivity contribution in [2.24, 2.45) is 7.05 Å². The fraction of sp³-hybridized carbons (Fsp3) is 0.692. The van der Waals surface area contributed by atoms with E-state index in [1.54, 1.807) is 10.9 Å². The molecule has 0 bridgehead atoms. The number of carbonyl (C=O) groups is 2. The van der Waals surface area contributed by atoms with Gasteiger partial charge in [0.2, 0.25) is 11.8 Å². The molecule has 1 atom stereocenters. The van der Waals surface area contributed by atoms with E-state index in [4.69, 9.17) is 0 Å². The summed E-state index contributed by atoms with van der Waals surface area (Å²) in [6.45, 7) is 4.42. The zero-order chi connectivity index (χ0) is 14.7. The van der Waals surface area contributed by atoms with Crippen molar-refractivity contribution >= 4 is 11.8 Å². The number of imide groups is 1. The van der Waals surface area contributed by atoms with Crippen LogP contribution in [0.3, 0.4) is 0 Å². The van der Waals surface area contributed by atoms with Crippen LogP contribution in [0, 0.1) is 0 Å². The van der Waals surface area contributed by atoms with E-state index in [1.165, 1.54) is 4.90 Å². The largest absolute Gasteiger partial charge is 0.320 e. The molecule has 0 aliphatic carbocycles. The van der Waals surface area contributed by atoms with Crippen LogP contribution >= 0.6 is 0 Å². The summed E-state index contributed by atoms with van der Waals surface area (Å²) in [7, 11) is 1.84. The van der Waals surface area contributed by atoms with Crippen molar-refractivity contribution in [1.29, 1.82) is 0 Å². The number of amides is 2. The molecule has 1 unspecified atom stereocenters. The molecule has 1 aromatic heterocycles. The molecule has 2 heterocycles. The van der Waals surface area contributed by atoms with E-state index >= 15 is 0 Å². The normalized spacial score (nSPS) is 19.4. The van der Waals surface area contributed by atoms with Gasteiger partial charge in [-0.3, -0.25) is 19.8 Å². The molecule has 0 radical (unpaired) electrons. The van der Waals surface area contributed by atoms with Crippen LogP contribution in [-0.2, 0) is 23.2 Å². The number of rotatable bonds is 6. The molecule has 7 nitrogen and oxygen atoms in total. The number of aromatic nitrogens is 3. The van der Waals surface area contributed by atoms with Gasteiger partial charge in [0.05, 0.1) is 19.0 Å². The van der Waals surface area contributed by atoms with Crippen molar-refractivity contribution in [2.45, 2.75) is 51.7 Å². The highest BCUT2D eigenvalue weighted by molar-refractivity contribution is 6.05. The van der Waals surface area contributed by atoms with Gasteiger partial charge < -0.3 is 4.57 Å². The van der Waals surface area contributed by atoms with Crippen molar-refractivity contribution in [3.63, 3.8) is 0 Å². The lowest BCUT2D eigenvalue weighted by Crippen LogP contribution is -2.43. The molecule has 1 fully saturated rings. The molecule has 1 saturated heterocycles. The Hall–Kier alpha value is -1.76. The smallest absolute Gasteiger partial charge is 0.247 e. The zero-order valence-electron chi connectivity index (χ0n) is 12.2. The van der Waals surface area contributed by atoms with E-state index in [0.717, 1.165) is 18.7 Å². The van der Waals surface area contributed by atoms with E-state index in [9.17, 15) is 9.59 Å². The number of nitrogens with one attached hydrogen (secondary N) is 1. The first-order chi connectivity index (χ1) is 9.58. The number of nitrogens with zero attached hydrogens (tertiary/aromatic N) is 4. The van der Waals surface area contributed by atoms with Gasteiger partial charge in [0.15, 0.2) is 0 Å². The fourth-order valence-corrected chi connectivity index (χ4v) is 2.53. The number of carbonyl (C=O) groups excluding carboxylic acids is 2. The highest BCUT2D eigenvalue weighted by atomic mass is 16.2. The molecule has 0 spiro atoms. The highest BCUT2D eigenvalue weighted by Crippen LogP contribution is 2.20. The van der Waals surface area contributed by atoms with Crippen molar-refractivity contribution in [2.75, 3.05) is 0 Å². The lowest BCUT2D eigenvalue weighted by atomic mass is 10.1. The minimum atomic E-state index is -0.445. The summed E-state index contributed by atoms with van der Waals surface area (Å²) < 4.78 is 1.78. The number of hydrogen-bond donors (Lipinski definition) is 1. The van der Waals surface area contributed by atoms with Gasteiger partial charge in [-0.05, 0) is 12.8 Å². The van der Waals surface area contributed by atoms with Crippen LogP contribution in [0.25, 0.3) is 0 Å². The van der Waals surface area contributed by atoms with Crippen LogP contribution in [0.1, 0.15) is 38.9 Å². The van der Waals surface area contributed by atoms with E-state index in [-0.39, 0.29) is 24.3 Å². The Morgan fingerprint density at radius 1 is 1.40 bits per heavy atom. The van der Waals surface area contributed by atoms with Gasteiger partial charge in [0, 0.05) is 13.1 Å². The van der Waals surface area contributed by atoms with Gasteiger partial charge in [-0.1, -0.05) is 13.8 Å². The standard InChI is InChI=1S/C13H21N5O2/c1-4-9(5-2)18-12(19)6-10(13(18)20)14-7-11-16-15-8-17(11)3/h8-10,14H,4-7H2,1-3H3. The Bertz CT molecular complexity index is 495. The van der Waals surface area contributed by atoms with Crippen LogP contribution < -0.4 is 5.32 Å². The summed E-state index contributed by atoms with van der Waals surface area (Å²) in [4.78, 5) is 25.8. The topological polar surface area (TPSA) is 80.1 Å².